The maximum Gasteiger partial charge on any atom is 0.243 e. The molecule has 1 amide bonds. The number of nitrogens with zero attached hydrogens (tertiary/aromatic N) is 1. The summed E-state index contributed by atoms with van der Waals surface area (Å²) < 4.78 is 33.0. The molecule has 2 aromatic rings. The van der Waals surface area contributed by atoms with Crippen molar-refractivity contribution in [2.45, 2.75) is 37.6 Å². The molecule has 0 bridgehead atoms. The minimum absolute atomic E-state index is 0.146. The van der Waals surface area contributed by atoms with Gasteiger partial charge in [-0.15, -0.1) is 0 Å². The van der Waals surface area contributed by atoms with Crippen LogP contribution in [0.15, 0.2) is 53.4 Å². The monoisotopic (exact) mass is 450 g/mol. The molecule has 1 saturated heterocycles. The van der Waals surface area contributed by atoms with Gasteiger partial charge in [-0.3, -0.25) is 4.79 Å². The number of aryl methyl sites for hydroxylation is 1. The summed E-state index contributed by atoms with van der Waals surface area (Å²) in [5.74, 6) is 0.255. The summed E-state index contributed by atoms with van der Waals surface area (Å²) in [4.78, 5) is 12.9. The summed E-state index contributed by atoms with van der Waals surface area (Å²) in [6.45, 7) is 4.76. The number of hydrogen-bond acceptors (Lipinski definition) is 4. The number of amides is 1. The third-order valence-electron chi connectivity index (χ3n) is 5.18. The molecule has 1 aliphatic heterocycles. The second-order valence-electron chi connectivity index (χ2n) is 7.64. The zero-order chi connectivity index (χ0) is 21.7. The smallest absolute Gasteiger partial charge is 0.243 e. The Morgan fingerprint density at radius 2 is 1.93 bits per heavy atom. The summed E-state index contributed by atoms with van der Waals surface area (Å²) in [6.07, 6.45) is 1.29. The minimum Gasteiger partial charge on any atom is -0.491 e. The van der Waals surface area contributed by atoms with Crippen LogP contribution in [0.2, 0.25) is 5.02 Å². The van der Waals surface area contributed by atoms with Crippen molar-refractivity contribution >= 4 is 27.5 Å². The van der Waals surface area contributed by atoms with Crippen LogP contribution in [0.25, 0.3) is 0 Å². The predicted octanol–water partition coefficient (Wildman–Crippen LogP) is 3.63. The lowest BCUT2D eigenvalue weighted by molar-refractivity contribution is -0.126. The van der Waals surface area contributed by atoms with Crippen LogP contribution in [-0.4, -0.2) is 44.4 Å². The molecule has 0 radical (unpaired) electrons. The zero-order valence-electron chi connectivity index (χ0n) is 17.2. The van der Waals surface area contributed by atoms with E-state index in [1.165, 1.54) is 16.4 Å². The first-order valence-electron chi connectivity index (χ1n) is 10.0. The number of ether oxygens (including phenoxy) is 1. The Kier molecular flexibility index (Phi) is 7.39. The highest BCUT2D eigenvalue weighted by molar-refractivity contribution is 7.89. The Morgan fingerprint density at radius 1 is 1.23 bits per heavy atom. The molecular weight excluding hydrogens is 424 g/mol. The van der Waals surface area contributed by atoms with Gasteiger partial charge in [0, 0.05) is 18.1 Å². The van der Waals surface area contributed by atoms with E-state index < -0.39 is 10.0 Å². The van der Waals surface area contributed by atoms with Crippen LogP contribution < -0.4 is 10.1 Å². The zero-order valence-corrected chi connectivity index (χ0v) is 18.7. The molecule has 1 aliphatic rings. The van der Waals surface area contributed by atoms with Gasteiger partial charge in [0.05, 0.1) is 16.9 Å². The standard InChI is InChI=1S/C22H27ClN2O4S/c1-16-6-3-4-8-21(16)29-15-17(2)24-22(26)18-7-5-13-25(14-18)30(27,28)20-11-9-19(23)10-12-20/h3-4,6,8-12,17-18H,5,7,13-15H2,1-2H3,(H,24,26)/t17-,18-/m0/s1. The largest absolute Gasteiger partial charge is 0.491 e. The molecule has 6 nitrogen and oxygen atoms in total. The minimum atomic E-state index is -3.65. The molecule has 30 heavy (non-hydrogen) atoms. The van der Waals surface area contributed by atoms with Crippen LogP contribution >= 0.6 is 11.6 Å². The summed E-state index contributed by atoms with van der Waals surface area (Å²) in [5.41, 5.74) is 1.03. The van der Waals surface area contributed by atoms with Gasteiger partial charge < -0.3 is 10.1 Å². The number of para-hydroxylation sites is 1. The molecule has 162 valence electrons. The fourth-order valence-corrected chi connectivity index (χ4v) is 5.12. The van der Waals surface area contributed by atoms with Crippen LogP contribution in [0.1, 0.15) is 25.3 Å². The predicted molar refractivity (Wildman–Crippen MR) is 117 cm³/mol. The van der Waals surface area contributed by atoms with Crippen molar-refractivity contribution in [1.29, 1.82) is 0 Å². The van der Waals surface area contributed by atoms with Crippen molar-refractivity contribution in [2.24, 2.45) is 5.92 Å². The summed E-state index contributed by atoms with van der Waals surface area (Å²) in [5, 5.41) is 3.43. The van der Waals surface area contributed by atoms with E-state index in [1.807, 2.05) is 38.1 Å². The van der Waals surface area contributed by atoms with Gasteiger partial charge in [0.1, 0.15) is 12.4 Å². The summed E-state index contributed by atoms with van der Waals surface area (Å²) >= 11 is 5.86. The van der Waals surface area contributed by atoms with Gasteiger partial charge in [0.2, 0.25) is 15.9 Å². The van der Waals surface area contributed by atoms with Gasteiger partial charge in [-0.2, -0.15) is 4.31 Å². The number of rotatable bonds is 7. The lowest BCUT2D eigenvalue weighted by atomic mass is 9.98. The quantitative estimate of drug-likeness (QED) is 0.698. The SMILES string of the molecule is Cc1ccccc1OC[C@H](C)NC(=O)[C@H]1CCCN(S(=O)(=O)c2ccc(Cl)cc2)C1. The normalized spacial score (nSPS) is 18.6. The lowest BCUT2D eigenvalue weighted by Gasteiger charge is -2.31. The van der Waals surface area contributed by atoms with Crippen molar-refractivity contribution in [2.75, 3.05) is 19.7 Å². The number of sulfonamides is 1. The Bertz CT molecular complexity index is 979. The maximum absolute atomic E-state index is 12.9. The van der Waals surface area contributed by atoms with E-state index in [0.717, 1.165) is 11.3 Å². The van der Waals surface area contributed by atoms with E-state index in [-0.39, 0.29) is 29.3 Å². The van der Waals surface area contributed by atoms with Crippen LogP contribution in [-0.2, 0) is 14.8 Å². The van der Waals surface area contributed by atoms with Crippen molar-refractivity contribution in [3.05, 3.63) is 59.1 Å². The molecule has 0 saturated carbocycles. The second kappa shape index (κ2) is 9.81. The van der Waals surface area contributed by atoms with E-state index in [4.69, 9.17) is 16.3 Å². The van der Waals surface area contributed by atoms with E-state index in [1.54, 1.807) is 12.1 Å². The molecule has 0 unspecified atom stereocenters. The number of benzene rings is 2. The maximum atomic E-state index is 12.9. The Balaban J connectivity index is 1.57. The average molecular weight is 451 g/mol. The summed E-state index contributed by atoms with van der Waals surface area (Å²) in [6, 6.07) is 13.6. The molecule has 1 N–H and O–H groups in total. The summed E-state index contributed by atoms with van der Waals surface area (Å²) in [7, 11) is -3.65. The first-order chi connectivity index (χ1) is 14.3. The van der Waals surface area contributed by atoms with Crippen LogP contribution in [0.4, 0.5) is 0 Å². The van der Waals surface area contributed by atoms with E-state index in [0.29, 0.717) is 31.0 Å². The highest BCUT2D eigenvalue weighted by atomic mass is 35.5. The molecule has 0 aliphatic carbocycles. The van der Waals surface area contributed by atoms with Gasteiger partial charge >= 0.3 is 0 Å². The third-order valence-corrected chi connectivity index (χ3v) is 7.31. The average Bonchev–Trinajstić information content (AvgIpc) is 2.73. The van der Waals surface area contributed by atoms with Gasteiger partial charge in [-0.25, -0.2) is 8.42 Å². The van der Waals surface area contributed by atoms with Crippen molar-refractivity contribution in [1.82, 2.24) is 9.62 Å². The number of hydrogen-bond donors (Lipinski definition) is 1. The van der Waals surface area contributed by atoms with Gasteiger partial charge in [-0.1, -0.05) is 29.8 Å². The van der Waals surface area contributed by atoms with Gasteiger partial charge in [0.15, 0.2) is 0 Å². The second-order valence-corrected chi connectivity index (χ2v) is 10.0. The third kappa shape index (κ3) is 5.53. The number of halogens is 1. The molecule has 1 heterocycles. The molecular formula is C22H27ClN2O4S. The fourth-order valence-electron chi connectivity index (χ4n) is 3.47. The molecule has 0 aromatic heterocycles. The van der Waals surface area contributed by atoms with Gasteiger partial charge in [0.25, 0.3) is 0 Å². The molecule has 1 fully saturated rings. The van der Waals surface area contributed by atoms with Crippen molar-refractivity contribution < 1.29 is 17.9 Å². The molecule has 0 spiro atoms. The first-order valence-corrected chi connectivity index (χ1v) is 11.8. The first kappa shape index (κ1) is 22.6. The number of nitrogens with one attached hydrogen (secondary N) is 1. The Hall–Kier alpha value is -2.09. The topological polar surface area (TPSA) is 75.7 Å². The molecule has 3 rings (SSSR count). The van der Waals surface area contributed by atoms with E-state index >= 15 is 0 Å². The van der Waals surface area contributed by atoms with Crippen molar-refractivity contribution in [3.8, 4) is 5.75 Å². The lowest BCUT2D eigenvalue weighted by Crippen LogP contribution is -2.48. The number of carbonyl (C=O) groups excluding carboxylic acids is 1. The number of carbonyl (C=O) groups is 1. The number of piperidine rings is 1. The highest BCUT2D eigenvalue weighted by Gasteiger charge is 2.33. The Morgan fingerprint density at radius 3 is 2.63 bits per heavy atom. The van der Waals surface area contributed by atoms with Crippen molar-refractivity contribution in [3.63, 3.8) is 0 Å². The van der Waals surface area contributed by atoms with Crippen LogP contribution in [0.3, 0.4) is 0 Å². The molecule has 8 heteroatoms. The van der Waals surface area contributed by atoms with Crippen LogP contribution in [0, 0.1) is 12.8 Å². The highest BCUT2D eigenvalue weighted by Crippen LogP contribution is 2.25. The fraction of sp³-hybridized carbons (Fsp3) is 0.409. The molecule has 2 aromatic carbocycles. The van der Waals surface area contributed by atoms with Crippen LogP contribution in [0.5, 0.6) is 5.75 Å². The van der Waals surface area contributed by atoms with E-state index in [9.17, 15) is 13.2 Å². The molecule has 2 atom stereocenters. The van der Waals surface area contributed by atoms with Gasteiger partial charge in [-0.05, 0) is 62.6 Å². The van der Waals surface area contributed by atoms with E-state index in [2.05, 4.69) is 5.32 Å². The Labute approximate surface area is 183 Å².